The fourth-order valence-electron chi connectivity index (χ4n) is 3.92. The van der Waals surface area contributed by atoms with Crippen LogP contribution in [0.4, 0.5) is 0 Å². The Morgan fingerprint density at radius 3 is 2.15 bits per heavy atom. The molecule has 3 amide bonds. The molecule has 2 rings (SSSR count). The number of aromatic nitrogens is 1. The van der Waals surface area contributed by atoms with Crippen LogP contribution in [0, 0.1) is 0 Å². The number of carboxylic acid groups (broad SMARTS) is 2. The summed E-state index contributed by atoms with van der Waals surface area (Å²) in [4.78, 5) is 64.4. The molecule has 1 aromatic carbocycles. The number of carboxylic acids is 2. The van der Waals surface area contributed by atoms with E-state index in [9.17, 15) is 34.2 Å². The molecule has 0 saturated heterocycles. The van der Waals surface area contributed by atoms with E-state index in [4.69, 9.17) is 16.6 Å². The van der Waals surface area contributed by atoms with Gasteiger partial charge >= 0.3 is 11.9 Å². The summed E-state index contributed by atoms with van der Waals surface area (Å²) in [5.41, 5.74) is 12.7. The molecule has 1 aromatic heterocycles. The molecule has 0 saturated carbocycles. The number of para-hydroxylation sites is 1. The molecule has 0 bridgehead atoms. The first-order chi connectivity index (χ1) is 18.6. The second-order valence-corrected chi connectivity index (χ2v) is 9.09. The van der Waals surface area contributed by atoms with Crippen molar-refractivity contribution in [1.29, 1.82) is 0 Å². The zero-order chi connectivity index (χ0) is 28.9. The molecule has 1 heterocycles. The van der Waals surface area contributed by atoms with Crippen LogP contribution in [0.5, 0.6) is 0 Å². The first-order valence-electron chi connectivity index (χ1n) is 12.5. The predicted molar refractivity (Wildman–Crippen MR) is 140 cm³/mol. The number of aromatic amines is 1. The number of unbranched alkanes of at least 4 members (excludes halogenated alkanes) is 1. The van der Waals surface area contributed by atoms with Crippen molar-refractivity contribution in [2.45, 2.75) is 62.7 Å². The van der Waals surface area contributed by atoms with E-state index in [1.54, 1.807) is 6.20 Å². The predicted octanol–water partition coefficient (Wildman–Crippen LogP) is -1.44. The van der Waals surface area contributed by atoms with E-state index in [0.29, 0.717) is 24.9 Å². The highest BCUT2D eigenvalue weighted by molar-refractivity contribution is 5.95. The fraction of sp³-hybridized carbons (Fsp3) is 0.480. The van der Waals surface area contributed by atoms with Gasteiger partial charge in [-0.15, -0.1) is 0 Å². The highest BCUT2D eigenvalue weighted by atomic mass is 16.4. The van der Waals surface area contributed by atoms with E-state index in [1.807, 2.05) is 24.3 Å². The highest BCUT2D eigenvalue weighted by Gasteiger charge is 2.31. The van der Waals surface area contributed by atoms with Gasteiger partial charge in [-0.2, -0.15) is 0 Å². The van der Waals surface area contributed by atoms with Gasteiger partial charge in [0, 0.05) is 29.9 Å². The molecule has 0 aliphatic heterocycles. The molecular formula is C25H36N6O8. The standard InChI is InChI=1S/C25H36N6O8/c26-10-4-3-7-18(23(36)30-19(25(38)39)8-9-21(33)34)29-24(37)20(31-22(35)16(27)13-32)11-14-12-28-17-6-2-1-5-15(14)17/h1-2,5-6,12,16,18-20,28,32H,3-4,7-11,13,26-27H2,(H,29,37)(H,30,36)(H,31,35)(H,33,34)(H,38,39). The van der Waals surface area contributed by atoms with Crippen molar-refractivity contribution in [2.24, 2.45) is 11.5 Å². The maximum Gasteiger partial charge on any atom is 0.326 e. The first kappa shape index (κ1) is 31.2. The Morgan fingerprint density at radius 1 is 0.872 bits per heavy atom. The minimum atomic E-state index is -1.48. The number of fused-ring (bicyclic) bond motifs is 1. The molecule has 0 radical (unpaired) electrons. The number of hydrogen-bond acceptors (Lipinski definition) is 8. The van der Waals surface area contributed by atoms with Gasteiger partial charge in [0.15, 0.2) is 0 Å². The average Bonchev–Trinajstić information content (AvgIpc) is 3.31. The lowest BCUT2D eigenvalue weighted by Gasteiger charge is -2.25. The number of nitrogens with two attached hydrogens (primary N) is 2. The molecule has 4 atom stereocenters. The number of carbonyl (C=O) groups is 5. The van der Waals surface area contributed by atoms with Crippen LogP contribution in [0.1, 0.15) is 37.7 Å². The summed E-state index contributed by atoms with van der Waals surface area (Å²) in [7, 11) is 0. The van der Waals surface area contributed by atoms with Crippen LogP contribution in [0.25, 0.3) is 10.9 Å². The molecule has 0 aliphatic carbocycles. The van der Waals surface area contributed by atoms with Crippen molar-refractivity contribution < 1.29 is 39.3 Å². The van der Waals surface area contributed by atoms with Gasteiger partial charge in [0.05, 0.1) is 6.61 Å². The van der Waals surface area contributed by atoms with Crippen LogP contribution >= 0.6 is 0 Å². The largest absolute Gasteiger partial charge is 0.481 e. The van der Waals surface area contributed by atoms with Crippen molar-refractivity contribution in [3.05, 3.63) is 36.0 Å². The van der Waals surface area contributed by atoms with Crippen LogP contribution in [0.3, 0.4) is 0 Å². The number of carbonyl (C=O) groups excluding carboxylic acids is 3. The SMILES string of the molecule is NCCCCC(NC(=O)C(Cc1c[nH]c2ccccc12)NC(=O)C(N)CO)C(=O)NC(CCC(=O)O)C(=O)O. The Balaban J connectivity index is 2.27. The Bertz CT molecular complexity index is 1150. The molecule has 0 spiro atoms. The minimum Gasteiger partial charge on any atom is -0.481 e. The number of rotatable bonds is 17. The monoisotopic (exact) mass is 548 g/mol. The maximum atomic E-state index is 13.4. The van der Waals surface area contributed by atoms with Crippen LogP contribution < -0.4 is 27.4 Å². The van der Waals surface area contributed by atoms with E-state index in [2.05, 4.69) is 20.9 Å². The summed E-state index contributed by atoms with van der Waals surface area (Å²) in [5, 5.41) is 35.7. The first-order valence-corrected chi connectivity index (χ1v) is 12.5. The normalized spacial score (nSPS) is 14.1. The van der Waals surface area contributed by atoms with Gasteiger partial charge in [-0.1, -0.05) is 18.2 Å². The fourth-order valence-corrected chi connectivity index (χ4v) is 3.92. The smallest absolute Gasteiger partial charge is 0.326 e. The second-order valence-electron chi connectivity index (χ2n) is 9.09. The van der Waals surface area contributed by atoms with Gasteiger partial charge in [-0.05, 0) is 43.9 Å². The molecular weight excluding hydrogens is 512 g/mol. The Labute approximate surface area is 224 Å². The quantitative estimate of drug-likeness (QED) is 0.104. The van der Waals surface area contributed by atoms with Crippen LogP contribution in [-0.4, -0.2) is 87.3 Å². The molecule has 11 N–H and O–H groups in total. The summed E-state index contributed by atoms with van der Waals surface area (Å²) >= 11 is 0. The van der Waals surface area contributed by atoms with Crippen molar-refractivity contribution >= 4 is 40.6 Å². The summed E-state index contributed by atoms with van der Waals surface area (Å²) in [6.45, 7) is -0.318. The van der Waals surface area contributed by atoms with Crippen molar-refractivity contribution in [3.63, 3.8) is 0 Å². The molecule has 4 unspecified atom stereocenters. The molecule has 14 heteroatoms. The number of aliphatic hydroxyl groups is 1. The molecule has 2 aromatic rings. The van der Waals surface area contributed by atoms with Crippen molar-refractivity contribution in [3.8, 4) is 0 Å². The number of amides is 3. The van der Waals surface area contributed by atoms with Crippen molar-refractivity contribution in [1.82, 2.24) is 20.9 Å². The van der Waals surface area contributed by atoms with E-state index >= 15 is 0 Å². The van der Waals surface area contributed by atoms with E-state index < -0.39 is 66.9 Å². The number of aliphatic hydroxyl groups excluding tert-OH is 1. The Hall–Kier alpha value is -4.01. The Morgan fingerprint density at radius 2 is 1.51 bits per heavy atom. The molecule has 0 aliphatic rings. The molecule has 214 valence electrons. The van der Waals surface area contributed by atoms with Gasteiger partial charge < -0.3 is 47.7 Å². The molecule has 14 nitrogen and oxygen atoms in total. The van der Waals surface area contributed by atoms with Gasteiger partial charge in [0.2, 0.25) is 17.7 Å². The minimum absolute atomic E-state index is 0.0211. The molecule has 0 fully saturated rings. The average molecular weight is 549 g/mol. The lowest BCUT2D eigenvalue weighted by atomic mass is 10.0. The van der Waals surface area contributed by atoms with E-state index in [0.717, 1.165) is 10.9 Å². The third-order valence-electron chi connectivity index (χ3n) is 6.11. The third kappa shape index (κ3) is 9.67. The van der Waals surface area contributed by atoms with Crippen molar-refractivity contribution in [2.75, 3.05) is 13.2 Å². The second kappa shape index (κ2) is 15.4. The summed E-state index contributed by atoms with van der Waals surface area (Å²) < 4.78 is 0. The number of H-pyrrole nitrogens is 1. The van der Waals surface area contributed by atoms with Gasteiger partial charge in [-0.25, -0.2) is 4.79 Å². The summed E-state index contributed by atoms with van der Waals surface area (Å²) in [6, 6.07) is 2.19. The van der Waals surface area contributed by atoms with E-state index in [-0.39, 0.29) is 19.3 Å². The summed E-state index contributed by atoms with van der Waals surface area (Å²) in [5.74, 6) is -4.97. The lowest BCUT2D eigenvalue weighted by Crippen LogP contribution is -2.58. The zero-order valence-electron chi connectivity index (χ0n) is 21.4. The van der Waals surface area contributed by atoms with Gasteiger partial charge in [0.25, 0.3) is 0 Å². The zero-order valence-corrected chi connectivity index (χ0v) is 21.4. The van der Waals surface area contributed by atoms with Crippen LogP contribution in [0.2, 0.25) is 0 Å². The lowest BCUT2D eigenvalue weighted by molar-refractivity contribution is -0.143. The van der Waals surface area contributed by atoms with E-state index in [1.165, 1.54) is 0 Å². The number of benzene rings is 1. The Kier molecular flexibility index (Phi) is 12.3. The summed E-state index contributed by atoms with van der Waals surface area (Å²) in [6.07, 6.45) is 1.95. The highest BCUT2D eigenvalue weighted by Crippen LogP contribution is 2.19. The van der Waals surface area contributed by atoms with Gasteiger partial charge in [0.1, 0.15) is 24.2 Å². The third-order valence-corrected chi connectivity index (χ3v) is 6.11. The number of aliphatic carboxylic acids is 2. The maximum absolute atomic E-state index is 13.4. The molecule has 39 heavy (non-hydrogen) atoms. The van der Waals surface area contributed by atoms with Crippen LogP contribution in [0.15, 0.2) is 30.5 Å². The van der Waals surface area contributed by atoms with Gasteiger partial charge in [-0.3, -0.25) is 19.2 Å². The number of hydrogen-bond donors (Lipinski definition) is 9. The van der Waals surface area contributed by atoms with Crippen LogP contribution in [-0.2, 0) is 30.4 Å². The topological polar surface area (TPSA) is 250 Å². The number of nitrogens with one attached hydrogen (secondary N) is 4.